The van der Waals surface area contributed by atoms with Gasteiger partial charge < -0.3 is 15.0 Å². The van der Waals surface area contributed by atoms with E-state index in [9.17, 15) is 4.79 Å². The summed E-state index contributed by atoms with van der Waals surface area (Å²) in [5.74, 6) is 0.174. The van der Waals surface area contributed by atoms with Crippen LogP contribution in [0.15, 0.2) is 0 Å². The number of amides is 1. The van der Waals surface area contributed by atoms with Gasteiger partial charge in [0.05, 0.1) is 0 Å². The van der Waals surface area contributed by atoms with Crippen LogP contribution < -0.4 is 5.32 Å². The number of piperazine rings is 1. The van der Waals surface area contributed by atoms with Crippen LogP contribution in [0, 0.1) is 0 Å². The lowest BCUT2D eigenvalue weighted by atomic mass is 10.00. The summed E-state index contributed by atoms with van der Waals surface area (Å²) in [6.45, 7) is 7.26. The highest BCUT2D eigenvalue weighted by Gasteiger charge is 2.41. The lowest BCUT2D eigenvalue weighted by molar-refractivity contribution is -0.152. The minimum absolute atomic E-state index is 0.174. The summed E-state index contributed by atoms with van der Waals surface area (Å²) in [5, 5.41) is 3.34. The Morgan fingerprint density at radius 1 is 1.60 bits per heavy atom. The van der Waals surface area contributed by atoms with Crippen molar-refractivity contribution < 1.29 is 9.53 Å². The van der Waals surface area contributed by atoms with Crippen LogP contribution in [0.1, 0.15) is 26.7 Å². The van der Waals surface area contributed by atoms with Gasteiger partial charge in [-0.3, -0.25) is 4.79 Å². The van der Waals surface area contributed by atoms with Gasteiger partial charge in [-0.25, -0.2) is 0 Å². The molecule has 1 N–H and O–H groups in total. The summed E-state index contributed by atoms with van der Waals surface area (Å²) in [7, 11) is 0. The maximum atomic E-state index is 12.2. The molecule has 0 aliphatic carbocycles. The van der Waals surface area contributed by atoms with E-state index >= 15 is 0 Å². The van der Waals surface area contributed by atoms with Gasteiger partial charge in [0, 0.05) is 32.3 Å². The number of rotatable bonds is 1. The van der Waals surface area contributed by atoms with Crippen LogP contribution in [0.5, 0.6) is 0 Å². The highest BCUT2D eigenvalue weighted by atomic mass is 16.5. The second-order valence-corrected chi connectivity index (χ2v) is 4.79. The molecule has 86 valence electrons. The van der Waals surface area contributed by atoms with Gasteiger partial charge in [-0.1, -0.05) is 0 Å². The van der Waals surface area contributed by atoms with Gasteiger partial charge in [0.15, 0.2) is 0 Å². The zero-order valence-corrected chi connectivity index (χ0v) is 9.58. The molecule has 0 bridgehead atoms. The van der Waals surface area contributed by atoms with E-state index in [0.717, 1.165) is 39.1 Å². The third-order valence-corrected chi connectivity index (χ3v) is 3.33. The first-order valence-corrected chi connectivity index (χ1v) is 5.78. The van der Waals surface area contributed by atoms with E-state index < -0.39 is 5.60 Å². The van der Waals surface area contributed by atoms with E-state index in [1.54, 1.807) is 0 Å². The molecule has 0 aromatic carbocycles. The van der Waals surface area contributed by atoms with Crippen LogP contribution in [0.3, 0.4) is 0 Å². The molecular formula is C11H20N2O2. The Kier molecular flexibility index (Phi) is 2.98. The standard InChI is InChI=1S/C11H20N2O2/c1-9-8-13(6-5-12-9)10(14)11(2)4-3-7-15-11/h9,12H,3-8H2,1-2H3/t9-,11?/m0/s1. The first-order chi connectivity index (χ1) is 7.12. The quantitative estimate of drug-likeness (QED) is 0.683. The molecule has 1 unspecified atom stereocenters. The first kappa shape index (κ1) is 10.9. The smallest absolute Gasteiger partial charge is 0.254 e. The van der Waals surface area contributed by atoms with Crippen molar-refractivity contribution in [3.63, 3.8) is 0 Å². The Morgan fingerprint density at radius 2 is 2.40 bits per heavy atom. The Hall–Kier alpha value is -0.610. The Morgan fingerprint density at radius 3 is 3.00 bits per heavy atom. The number of hydrogen-bond donors (Lipinski definition) is 1. The average molecular weight is 212 g/mol. The number of carbonyl (C=O) groups is 1. The van der Waals surface area contributed by atoms with Gasteiger partial charge in [0.2, 0.25) is 0 Å². The molecular weight excluding hydrogens is 192 g/mol. The van der Waals surface area contributed by atoms with E-state index in [0.29, 0.717) is 6.04 Å². The second kappa shape index (κ2) is 4.10. The largest absolute Gasteiger partial charge is 0.365 e. The maximum Gasteiger partial charge on any atom is 0.254 e. The lowest BCUT2D eigenvalue weighted by Gasteiger charge is -2.36. The first-order valence-electron chi connectivity index (χ1n) is 5.78. The molecule has 0 saturated carbocycles. The molecule has 2 aliphatic heterocycles. The Bertz CT molecular complexity index is 249. The van der Waals surface area contributed by atoms with E-state index in [4.69, 9.17) is 4.74 Å². The minimum atomic E-state index is -0.545. The van der Waals surface area contributed by atoms with Gasteiger partial charge in [-0.05, 0) is 26.7 Å². The molecule has 4 nitrogen and oxygen atoms in total. The number of carbonyl (C=O) groups excluding carboxylic acids is 1. The lowest BCUT2D eigenvalue weighted by Crippen LogP contribution is -2.56. The van der Waals surface area contributed by atoms with E-state index in [2.05, 4.69) is 12.2 Å². The third kappa shape index (κ3) is 2.16. The highest BCUT2D eigenvalue weighted by Crippen LogP contribution is 2.27. The van der Waals surface area contributed by atoms with E-state index in [1.807, 2.05) is 11.8 Å². The molecule has 1 amide bonds. The van der Waals surface area contributed by atoms with Crippen molar-refractivity contribution >= 4 is 5.91 Å². The second-order valence-electron chi connectivity index (χ2n) is 4.79. The molecule has 2 aliphatic rings. The van der Waals surface area contributed by atoms with Gasteiger partial charge in [0.1, 0.15) is 5.60 Å². The summed E-state index contributed by atoms with van der Waals surface area (Å²) >= 11 is 0. The molecule has 15 heavy (non-hydrogen) atoms. The molecule has 2 fully saturated rings. The molecule has 2 atom stereocenters. The summed E-state index contributed by atoms with van der Waals surface area (Å²) in [5.41, 5.74) is -0.545. The molecule has 2 rings (SSSR count). The van der Waals surface area contributed by atoms with Crippen LogP contribution in [0.4, 0.5) is 0 Å². The SMILES string of the molecule is C[C@H]1CN(C(=O)C2(C)CCCO2)CCN1. The molecule has 2 saturated heterocycles. The zero-order valence-electron chi connectivity index (χ0n) is 9.58. The van der Waals surface area contributed by atoms with Crippen LogP contribution >= 0.6 is 0 Å². The van der Waals surface area contributed by atoms with Crippen molar-refractivity contribution in [2.75, 3.05) is 26.2 Å². The predicted molar refractivity (Wildman–Crippen MR) is 57.6 cm³/mol. The molecule has 2 heterocycles. The molecule has 0 aromatic rings. The Balaban J connectivity index is 2.00. The topological polar surface area (TPSA) is 41.6 Å². The molecule has 0 radical (unpaired) electrons. The molecule has 0 spiro atoms. The fourth-order valence-electron chi connectivity index (χ4n) is 2.40. The van der Waals surface area contributed by atoms with Crippen molar-refractivity contribution in [1.82, 2.24) is 10.2 Å². The molecule has 0 aromatic heterocycles. The minimum Gasteiger partial charge on any atom is -0.365 e. The van der Waals surface area contributed by atoms with Crippen LogP contribution in [-0.2, 0) is 9.53 Å². The van der Waals surface area contributed by atoms with Crippen LogP contribution in [0.25, 0.3) is 0 Å². The van der Waals surface area contributed by atoms with Gasteiger partial charge in [0.25, 0.3) is 5.91 Å². The van der Waals surface area contributed by atoms with E-state index in [-0.39, 0.29) is 5.91 Å². The van der Waals surface area contributed by atoms with Crippen molar-refractivity contribution in [1.29, 1.82) is 0 Å². The van der Waals surface area contributed by atoms with E-state index in [1.165, 1.54) is 0 Å². The van der Waals surface area contributed by atoms with Crippen molar-refractivity contribution in [3.05, 3.63) is 0 Å². The normalized spacial score (nSPS) is 36.9. The van der Waals surface area contributed by atoms with Crippen LogP contribution in [-0.4, -0.2) is 48.7 Å². The fraction of sp³-hybridized carbons (Fsp3) is 0.909. The summed E-state index contributed by atoms with van der Waals surface area (Å²) in [6.07, 6.45) is 1.87. The summed E-state index contributed by atoms with van der Waals surface area (Å²) in [4.78, 5) is 14.2. The highest BCUT2D eigenvalue weighted by molar-refractivity contribution is 5.85. The zero-order chi connectivity index (χ0) is 10.9. The van der Waals surface area contributed by atoms with Crippen LogP contribution in [0.2, 0.25) is 0 Å². The number of nitrogens with zero attached hydrogens (tertiary/aromatic N) is 1. The van der Waals surface area contributed by atoms with Gasteiger partial charge in [-0.2, -0.15) is 0 Å². The number of nitrogens with one attached hydrogen (secondary N) is 1. The maximum absolute atomic E-state index is 12.2. The Labute approximate surface area is 91.0 Å². The molecule has 4 heteroatoms. The van der Waals surface area contributed by atoms with Gasteiger partial charge in [-0.15, -0.1) is 0 Å². The third-order valence-electron chi connectivity index (χ3n) is 3.33. The monoisotopic (exact) mass is 212 g/mol. The summed E-state index contributed by atoms with van der Waals surface area (Å²) < 4.78 is 5.58. The number of hydrogen-bond acceptors (Lipinski definition) is 3. The van der Waals surface area contributed by atoms with Crippen molar-refractivity contribution in [2.24, 2.45) is 0 Å². The van der Waals surface area contributed by atoms with Gasteiger partial charge >= 0.3 is 0 Å². The predicted octanol–water partition coefficient (Wildman–Crippen LogP) is 0.376. The number of ether oxygens (including phenoxy) is 1. The fourth-order valence-corrected chi connectivity index (χ4v) is 2.40. The van der Waals surface area contributed by atoms with Crippen molar-refractivity contribution in [3.8, 4) is 0 Å². The average Bonchev–Trinajstić information content (AvgIpc) is 2.65. The summed E-state index contributed by atoms with van der Waals surface area (Å²) in [6, 6.07) is 0.396. The van der Waals surface area contributed by atoms with Crippen molar-refractivity contribution in [2.45, 2.75) is 38.3 Å².